The molecule has 0 saturated carbocycles. The third-order valence-corrected chi connectivity index (χ3v) is 2.90. The molecule has 74 valence electrons. The first-order chi connectivity index (χ1) is 6.72. The smallest absolute Gasteiger partial charge is 0.161 e. The fourth-order valence-electron chi connectivity index (χ4n) is 1.36. The predicted octanol–water partition coefficient (Wildman–Crippen LogP) is 3.02. The molecule has 2 N–H and O–H groups in total. The average Bonchev–Trinajstić information content (AvgIpc) is 2.45. The van der Waals surface area contributed by atoms with E-state index in [1.807, 2.05) is 6.92 Å². The van der Waals surface area contributed by atoms with Crippen LogP contribution in [0.3, 0.4) is 0 Å². The molecule has 0 fully saturated rings. The van der Waals surface area contributed by atoms with Crippen molar-refractivity contribution in [3.8, 4) is 5.75 Å². The van der Waals surface area contributed by atoms with Crippen molar-refractivity contribution >= 4 is 26.4 Å². The van der Waals surface area contributed by atoms with Crippen molar-refractivity contribution in [2.45, 2.75) is 6.92 Å². The van der Waals surface area contributed by atoms with E-state index >= 15 is 0 Å². The van der Waals surface area contributed by atoms with Crippen LogP contribution < -0.4 is 10.5 Å². The molecule has 2 nitrogen and oxygen atoms in total. The van der Waals surface area contributed by atoms with Gasteiger partial charge in [-0.1, -0.05) is 0 Å². The largest absolute Gasteiger partial charge is 0.490 e. The van der Waals surface area contributed by atoms with Crippen LogP contribution in [0.15, 0.2) is 18.2 Å². The number of halogens is 1. The van der Waals surface area contributed by atoms with Crippen LogP contribution in [-0.4, -0.2) is 6.61 Å². The zero-order valence-electron chi connectivity index (χ0n) is 7.71. The summed E-state index contributed by atoms with van der Waals surface area (Å²) >= 11 is 1.41. The predicted molar refractivity (Wildman–Crippen MR) is 57.4 cm³/mol. The molecular formula is C10H10FNOS. The molecule has 0 bridgehead atoms. The standard InChI is InChI=1S/C10H10FNOS/c1-2-13-9-7-5-6(11)3-4-8(7)14-10(9)12/h3-5H,2,12H2,1H3. The minimum atomic E-state index is -0.267. The highest BCUT2D eigenvalue weighted by Gasteiger charge is 2.10. The third kappa shape index (κ3) is 1.42. The van der Waals surface area contributed by atoms with E-state index in [0.717, 1.165) is 10.1 Å². The van der Waals surface area contributed by atoms with E-state index < -0.39 is 0 Å². The zero-order chi connectivity index (χ0) is 10.1. The van der Waals surface area contributed by atoms with Gasteiger partial charge in [-0.3, -0.25) is 0 Å². The summed E-state index contributed by atoms with van der Waals surface area (Å²) in [6.45, 7) is 2.41. The number of hydrogen-bond donors (Lipinski definition) is 1. The second kappa shape index (κ2) is 3.46. The second-order valence-corrected chi connectivity index (χ2v) is 3.95. The summed E-state index contributed by atoms with van der Waals surface area (Å²) in [5.74, 6) is 0.336. The normalized spacial score (nSPS) is 10.7. The molecule has 0 atom stereocenters. The van der Waals surface area contributed by atoms with Crippen LogP contribution in [0.1, 0.15) is 6.92 Å². The Morgan fingerprint density at radius 3 is 3.00 bits per heavy atom. The van der Waals surface area contributed by atoms with Crippen molar-refractivity contribution in [1.82, 2.24) is 0 Å². The molecule has 0 aliphatic carbocycles. The van der Waals surface area contributed by atoms with Gasteiger partial charge in [0.05, 0.1) is 6.61 Å². The Morgan fingerprint density at radius 2 is 2.29 bits per heavy atom. The molecule has 2 aromatic rings. The minimum absolute atomic E-state index is 0.267. The summed E-state index contributed by atoms with van der Waals surface area (Å²) in [7, 11) is 0. The fourth-order valence-corrected chi connectivity index (χ4v) is 2.26. The van der Waals surface area contributed by atoms with E-state index in [1.54, 1.807) is 6.07 Å². The number of ether oxygens (including phenoxy) is 1. The molecule has 1 aromatic heterocycles. The van der Waals surface area contributed by atoms with Crippen molar-refractivity contribution < 1.29 is 9.13 Å². The molecule has 4 heteroatoms. The van der Waals surface area contributed by atoms with Gasteiger partial charge in [-0.05, 0) is 25.1 Å². The Bertz CT molecular complexity index is 466. The lowest BCUT2D eigenvalue weighted by molar-refractivity contribution is 0.347. The highest BCUT2D eigenvalue weighted by molar-refractivity contribution is 7.23. The van der Waals surface area contributed by atoms with E-state index in [4.69, 9.17) is 10.5 Å². The van der Waals surface area contributed by atoms with E-state index in [1.165, 1.54) is 23.5 Å². The van der Waals surface area contributed by atoms with Crippen molar-refractivity contribution in [3.05, 3.63) is 24.0 Å². The van der Waals surface area contributed by atoms with E-state index in [0.29, 0.717) is 17.4 Å². The molecule has 0 aliphatic rings. The quantitative estimate of drug-likeness (QED) is 0.828. The lowest BCUT2D eigenvalue weighted by Crippen LogP contribution is -1.93. The van der Waals surface area contributed by atoms with Crippen LogP contribution in [0.25, 0.3) is 10.1 Å². The number of anilines is 1. The molecule has 0 saturated heterocycles. The SMILES string of the molecule is CCOc1c(N)sc2ccc(F)cc12. The number of nitrogens with two attached hydrogens (primary N) is 1. The van der Waals surface area contributed by atoms with Crippen molar-refractivity contribution in [1.29, 1.82) is 0 Å². The van der Waals surface area contributed by atoms with Gasteiger partial charge in [-0.15, -0.1) is 11.3 Å². The van der Waals surface area contributed by atoms with Crippen LogP contribution in [-0.2, 0) is 0 Å². The Balaban J connectivity index is 2.66. The van der Waals surface area contributed by atoms with Crippen molar-refractivity contribution in [3.63, 3.8) is 0 Å². The zero-order valence-corrected chi connectivity index (χ0v) is 8.53. The van der Waals surface area contributed by atoms with Crippen LogP contribution in [0.4, 0.5) is 9.39 Å². The van der Waals surface area contributed by atoms with Gasteiger partial charge in [-0.2, -0.15) is 0 Å². The van der Waals surface area contributed by atoms with Gasteiger partial charge < -0.3 is 10.5 Å². The summed E-state index contributed by atoms with van der Waals surface area (Å²) in [5.41, 5.74) is 5.76. The van der Waals surface area contributed by atoms with Crippen LogP contribution in [0.5, 0.6) is 5.75 Å². The lowest BCUT2D eigenvalue weighted by Gasteiger charge is -2.01. The summed E-state index contributed by atoms with van der Waals surface area (Å²) in [6, 6.07) is 4.59. The molecule has 14 heavy (non-hydrogen) atoms. The maximum Gasteiger partial charge on any atom is 0.161 e. The topological polar surface area (TPSA) is 35.2 Å². The first-order valence-electron chi connectivity index (χ1n) is 4.32. The number of fused-ring (bicyclic) bond motifs is 1. The lowest BCUT2D eigenvalue weighted by atomic mass is 10.2. The molecule has 2 rings (SSSR count). The average molecular weight is 211 g/mol. The van der Waals surface area contributed by atoms with Gasteiger partial charge in [0.2, 0.25) is 0 Å². The van der Waals surface area contributed by atoms with E-state index in [2.05, 4.69) is 0 Å². The second-order valence-electron chi connectivity index (χ2n) is 2.87. The molecule has 0 unspecified atom stereocenters. The Kier molecular flexibility index (Phi) is 2.29. The Morgan fingerprint density at radius 1 is 1.50 bits per heavy atom. The summed E-state index contributed by atoms with van der Waals surface area (Å²) in [6.07, 6.45) is 0. The molecule has 0 radical (unpaired) electrons. The van der Waals surface area contributed by atoms with E-state index in [-0.39, 0.29) is 5.82 Å². The Labute approximate surface area is 85.1 Å². The molecule has 1 heterocycles. The first kappa shape index (κ1) is 9.27. The van der Waals surface area contributed by atoms with Gasteiger partial charge in [0.25, 0.3) is 0 Å². The molecular weight excluding hydrogens is 201 g/mol. The van der Waals surface area contributed by atoms with Crippen LogP contribution in [0, 0.1) is 5.82 Å². The highest BCUT2D eigenvalue weighted by atomic mass is 32.1. The highest BCUT2D eigenvalue weighted by Crippen LogP contribution is 2.40. The summed E-state index contributed by atoms with van der Waals surface area (Å²) in [4.78, 5) is 0. The fraction of sp³-hybridized carbons (Fsp3) is 0.200. The number of nitrogen functional groups attached to an aromatic ring is 1. The van der Waals surface area contributed by atoms with Gasteiger partial charge in [-0.25, -0.2) is 4.39 Å². The number of rotatable bonds is 2. The maximum atomic E-state index is 13.0. The molecule has 0 aliphatic heterocycles. The van der Waals surface area contributed by atoms with Crippen LogP contribution in [0.2, 0.25) is 0 Å². The molecule has 1 aromatic carbocycles. The minimum Gasteiger partial charge on any atom is -0.490 e. The van der Waals surface area contributed by atoms with Gasteiger partial charge in [0.1, 0.15) is 10.8 Å². The van der Waals surface area contributed by atoms with Gasteiger partial charge >= 0.3 is 0 Å². The first-order valence-corrected chi connectivity index (χ1v) is 5.14. The number of thiophene rings is 1. The Hall–Kier alpha value is -1.29. The van der Waals surface area contributed by atoms with E-state index in [9.17, 15) is 4.39 Å². The van der Waals surface area contributed by atoms with Gasteiger partial charge in [0.15, 0.2) is 5.75 Å². The molecule has 0 amide bonds. The van der Waals surface area contributed by atoms with Crippen molar-refractivity contribution in [2.75, 3.05) is 12.3 Å². The maximum absolute atomic E-state index is 13.0. The summed E-state index contributed by atoms with van der Waals surface area (Å²) in [5, 5.41) is 1.36. The summed E-state index contributed by atoms with van der Waals surface area (Å²) < 4.78 is 19.3. The van der Waals surface area contributed by atoms with Crippen molar-refractivity contribution in [2.24, 2.45) is 0 Å². The third-order valence-electron chi connectivity index (χ3n) is 1.92. The molecule has 0 spiro atoms. The van der Waals surface area contributed by atoms with Gasteiger partial charge in [0, 0.05) is 10.1 Å². The number of hydrogen-bond acceptors (Lipinski definition) is 3. The monoisotopic (exact) mass is 211 g/mol. The number of benzene rings is 1. The van der Waals surface area contributed by atoms with Crippen LogP contribution >= 0.6 is 11.3 Å².